The van der Waals surface area contributed by atoms with Gasteiger partial charge in [-0.1, -0.05) is 30.3 Å². The molecule has 2 N–H and O–H groups in total. The van der Waals surface area contributed by atoms with Crippen molar-refractivity contribution in [1.82, 2.24) is 30.0 Å². The maximum atomic E-state index is 14.3. The molecule has 6 rings (SSSR count). The lowest BCUT2D eigenvalue weighted by atomic mass is 9.81. The molecule has 1 saturated heterocycles. The van der Waals surface area contributed by atoms with Crippen molar-refractivity contribution in [3.63, 3.8) is 0 Å². The molecule has 15 heteroatoms. The molecule has 4 amide bonds. The lowest BCUT2D eigenvalue weighted by molar-refractivity contribution is -0.141. The quantitative estimate of drug-likeness (QED) is 0.262. The number of hydrogen-bond donors (Lipinski definition) is 2. The van der Waals surface area contributed by atoms with E-state index in [4.69, 9.17) is 5.10 Å². The van der Waals surface area contributed by atoms with Gasteiger partial charge < -0.3 is 15.5 Å². The summed E-state index contributed by atoms with van der Waals surface area (Å²) >= 11 is 0. The number of para-hydroxylation sites is 1. The zero-order valence-electron chi connectivity index (χ0n) is 27.1. The van der Waals surface area contributed by atoms with E-state index in [1.54, 1.807) is 47.7 Å². The highest BCUT2D eigenvalue weighted by Crippen LogP contribution is 2.44. The van der Waals surface area contributed by atoms with Gasteiger partial charge in [0.1, 0.15) is 17.6 Å². The molecule has 12 nitrogen and oxygen atoms in total. The Labute approximate surface area is 285 Å². The second-order valence-electron chi connectivity index (χ2n) is 11.8. The Hall–Kier alpha value is -5.86. The highest BCUT2D eigenvalue weighted by molar-refractivity contribution is 6.05. The van der Waals surface area contributed by atoms with Gasteiger partial charge in [-0.15, -0.1) is 0 Å². The van der Waals surface area contributed by atoms with Crippen LogP contribution in [-0.4, -0.2) is 74.0 Å². The predicted molar refractivity (Wildman–Crippen MR) is 176 cm³/mol. The second kappa shape index (κ2) is 13.9. The van der Waals surface area contributed by atoms with E-state index in [0.29, 0.717) is 53.2 Å². The predicted octanol–water partition coefficient (Wildman–Crippen LogP) is 4.40. The van der Waals surface area contributed by atoms with Crippen molar-refractivity contribution in [1.29, 1.82) is 0 Å². The van der Waals surface area contributed by atoms with E-state index in [2.05, 4.69) is 20.6 Å². The number of rotatable bonds is 8. The summed E-state index contributed by atoms with van der Waals surface area (Å²) in [5, 5.41) is 10.1. The number of nitrogens with one attached hydrogen (secondary N) is 2. The van der Waals surface area contributed by atoms with Crippen LogP contribution in [0, 0.1) is 6.92 Å². The van der Waals surface area contributed by atoms with Crippen LogP contribution in [0.4, 0.5) is 24.7 Å². The van der Waals surface area contributed by atoms with Gasteiger partial charge in [0.15, 0.2) is 0 Å². The molecule has 2 aliphatic heterocycles. The fourth-order valence-electron chi connectivity index (χ4n) is 6.31. The van der Waals surface area contributed by atoms with Gasteiger partial charge in [-0.3, -0.25) is 24.1 Å². The number of carbonyl (C=O) groups is 4. The van der Waals surface area contributed by atoms with Crippen LogP contribution in [0.3, 0.4) is 0 Å². The number of hydrogen-bond acceptors (Lipinski definition) is 7. The van der Waals surface area contributed by atoms with Crippen molar-refractivity contribution in [2.75, 3.05) is 29.9 Å². The number of carbonyl (C=O) groups excluding carboxylic acids is 4. The Morgan fingerprint density at radius 2 is 1.74 bits per heavy atom. The molecule has 1 fully saturated rings. The van der Waals surface area contributed by atoms with Gasteiger partial charge in [0.25, 0.3) is 11.8 Å². The Morgan fingerprint density at radius 3 is 2.44 bits per heavy atom. The van der Waals surface area contributed by atoms with Crippen LogP contribution in [0.1, 0.15) is 58.8 Å². The zero-order valence-corrected chi connectivity index (χ0v) is 27.1. The van der Waals surface area contributed by atoms with E-state index in [0.717, 1.165) is 25.1 Å². The van der Waals surface area contributed by atoms with Crippen LogP contribution >= 0.6 is 0 Å². The van der Waals surface area contributed by atoms with Gasteiger partial charge in [-0.05, 0) is 62.6 Å². The number of likely N-dealkylation sites (tertiary alicyclic amines) is 1. The minimum Gasteiger partial charge on any atom is -0.339 e. The molecule has 2 aromatic heterocycles. The number of aromatic nitrogens is 4. The first-order valence-electron chi connectivity index (χ1n) is 16.0. The van der Waals surface area contributed by atoms with Crippen LogP contribution < -0.4 is 15.5 Å². The summed E-state index contributed by atoms with van der Waals surface area (Å²) in [6, 6.07) is 15.1. The standard InChI is InChI=1S/C35H33F3N8O4/c1-3-45-33-28(21(2)43-46(33)24-12-5-4-6-13-24)29(30(34(45)50)42-32(49)31-39-17-16-25(41-31)35(36,37)38)22-10-9-11-23(20-22)40-26(47)14-15-27(48)44-18-7-8-19-44/h4-6,9-17,20,29-30H,3,7-8,18-19H2,1-2H3,(H,40,47)(H,42,49)/b15-14+/t29-,30+/m1/s1. The minimum atomic E-state index is -4.82. The summed E-state index contributed by atoms with van der Waals surface area (Å²) < 4.78 is 41.9. The van der Waals surface area contributed by atoms with Crippen LogP contribution in [0.25, 0.3) is 5.69 Å². The van der Waals surface area contributed by atoms with Gasteiger partial charge in [-0.25, -0.2) is 14.6 Å². The van der Waals surface area contributed by atoms with Crippen molar-refractivity contribution in [3.8, 4) is 5.69 Å². The maximum absolute atomic E-state index is 14.3. The number of benzene rings is 2. The van der Waals surface area contributed by atoms with E-state index in [1.807, 2.05) is 30.3 Å². The molecule has 0 unspecified atom stereocenters. The molecular formula is C35H33F3N8O4. The Morgan fingerprint density at radius 1 is 1.00 bits per heavy atom. The molecule has 0 aliphatic carbocycles. The van der Waals surface area contributed by atoms with Gasteiger partial charge >= 0.3 is 6.18 Å². The molecule has 0 bridgehead atoms. The molecule has 2 aromatic carbocycles. The van der Waals surface area contributed by atoms with E-state index in [1.165, 1.54) is 11.0 Å². The molecular weight excluding hydrogens is 653 g/mol. The maximum Gasteiger partial charge on any atom is 0.433 e. The van der Waals surface area contributed by atoms with Crippen molar-refractivity contribution >= 4 is 35.1 Å². The third-order valence-corrected chi connectivity index (χ3v) is 8.57. The van der Waals surface area contributed by atoms with Crippen molar-refractivity contribution in [2.45, 2.75) is 44.8 Å². The second-order valence-corrected chi connectivity index (χ2v) is 11.8. The summed E-state index contributed by atoms with van der Waals surface area (Å²) in [7, 11) is 0. The third kappa shape index (κ3) is 6.84. The Balaban J connectivity index is 1.40. The summed E-state index contributed by atoms with van der Waals surface area (Å²) in [5.41, 5.74) is 1.34. The number of anilines is 2. The van der Waals surface area contributed by atoms with E-state index in [-0.39, 0.29) is 12.5 Å². The molecule has 0 radical (unpaired) electrons. The average molecular weight is 687 g/mol. The molecule has 2 atom stereocenters. The first-order chi connectivity index (χ1) is 24.0. The van der Waals surface area contributed by atoms with Crippen LogP contribution in [0.5, 0.6) is 0 Å². The summed E-state index contributed by atoms with van der Waals surface area (Å²) in [5.74, 6) is -3.62. The number of amides is 4. The smallest absolute Gasteiger partial charge is 0.339 e. The fraction of sp³-hybridized carbons (Fsp3) is 0.286. The van der Waals surface area contributed by atoms with E-state index in [9.17, 15) is 32.3 Å². The molecule has 4 heterocycles. The summed E-state index contributed by atoms with van der Waals surface area (Å²) in [6.07, 6.45) is 0.212. The van der Waals surface area contributed by atoms with Gasteiger partial charge in [0.05, 0.1) is 11.4 Å². The lowest BCUT2D eigenvalue weighted by Crippen LogP contribution is -2.55. The third-order valence-electron chi connectivity index (χ3n) is 8.57. The molecule has 4 aromatic rings. The number of likely N-dealkylation sites (N-methyl/N-ethyl adjacent to an activating group) is 1. The summed E-state index contributed by atoms with van der Waals surface area (Å²) in [4.78, 5) is 63.3. The van der Waals surface area contributed by atoms with Gasteiger partial charge in [0.2, 0.25) is 17.6 Å². The number of alkyl halides is 3. The van der Waals surface area contributed by atoms with Crippen molar-refractivity contribution in [3.05, 3.63) is 107 Å². The zero-order chi connectivity index (χ0) is 35.6. The van der Waals surface area contributed by atoms with Gasteiger partial charge in [-0.2, -0.15) is 18.3 Å². The molecule has 258 valence electrons. The summed E-state index contributed by atoms with van der Waals surface area (Å²) in [6.45, 7) is 4.98. The number of fused-ring (bicyclic) bond motifs is 1. The number of aryl methyl sites for hydroxylation is 1. The highest BCUT2D eigenvalue weighted by Gasteiger charge is 2.46. The van der Waals surface area contributed by atoms with Crippen LogP contribution in [0.15, 0.2) is 79.0 Å². The topological polar surface area (TPSA) is 142 Å². The van der Waals surface area contributed by atoms with Gasteiger partial charge in [0, 0.05) is 55.2 Å². The lowest BCUT2D eigenvalue weighted by Gasteiger charge is -2.38. The van der Waals surface area contributed by atoms with Crippen molar-refractivity contribution < 1.29 is 32.3 Å². The van der Waals surface area contributed by atoms with Crippen LogP contribution in [-0.2, 0) is 20.6 Å². The van der Waals surface area contributed by atoms with E-state index < -0.39 is 47.4 Å². The first kappa shape index (κ1) is 34.0. The molecule has 50 heavy (non-hydrogen) atoms. The average Bonchev–Trinajstić information content (AvgIpc) is 3.77. The normalized spacial score (nSPS) is 17.6. The highest BCUT2D eigenvalue weighted by atomic mass is 19.4. The molecule has 2 aliphatic rings. The Bertz CT molecular complexity index is 1970. The SMILES string of the molecule is CCN1C(=O)[C@@H](NC(=O)c2nccc(C(F)(F)F)n2)[C@H](c2cccc(NC(=O)/C=C/C(=O)N3CCCC3)c2)c2c(C)nn(-c3ccccc3)c21. The van der Waals surface area contributed by atoms with E-state index >= 15 is 0 Å². The minimum absolute atomic E-state index is 0.182. The first-order valence-corrected chi connectivity index (χ1v) is 16.0. The largest absolute Gasteiger partial charge is 0.433 e. The molecule has 0 spiro atoms. The fourth-order valence-corrected chi connectivity index (χ4v) is 6.31. The number of halogens is 3. The Kier molecular flexibility index (Phi) is 9.48. The number of nitrogens with zero attached hydrogens (tertiary/aromatic N) is 6. The van der Waals surface area contributed by atoms with Crippen LogP contribution in [0.2, 0.25) is 0 Å². The monoisotopic (exact) mass is 686 g/mol. The molecule has 0 saturated carbocycles. The van der Waals surface area contributed by atoms with Crippen molar-refractivity contribution in [2.24, 2.45) is 0 Å².